The van der Waals surface area contributed by atoms with Crippen molar-refractivity contribution in [2.24, 2.45) is 0 Å². The predicted octanol–water partition coefficient (Wildman–Crippen LogP) is 1.63. The summed E-state index contributed by atoms with van der Waals surface area (Å²) in [6.45, 7) is 2.00. The molecule has 76 valence electrons. The van der Waals surface area contributed by atoms with Gasteiger partial charge in [0.25, 0.3) is 11.8 Å². The van der Waals surface area contributed by atoms with E-state index in [0.29, 0.717) is 4.91 Å². The van der Waals surface area contributed by atoms with Gasteiger partial charge in [-0.25, -0.2) is 0 Å². The first-order valence-corrected chi connectivity index (χ1v) is 5.28. The van der Waals surface area contributed by atoms with Gasteiger partial charge in [0.05, 0.1) is 4.91 Å². The Hall–Kier alpha value is -1.55. The molecule has 0 spiro atoms. The summed E-state index contributed by atoms with van der Waals surface area (Å²) in [5, 5.41) is 2.21. The topological polar surface area (TPSA) is 46.2 Å². The van der Waals surface area contributed by atoms with E-state index >= 15 is 0 Å². The Morgan fingerprint density at radius 2 is 1.80 bits per heavy atom. The highest BCUT2D eigenvalue weighted by molar-refractivity contribution is 8.04. The molecule has 0 saturated carbocycles. The molecule has 0 fully saturated rings. The van der Waals surface area contributed by atoms with Crippen molar-refractivity contribution in [2.75, 3.05) is 0 Å². The average Bonchev–Trinajstić information content (AvgIpc) is 2.49. The lowest BCUT2D eigenvalue weighted by Gasteiger charge is -2.00. The number of thioether (sulfide) groups is 1. The third-order valence-electron chi connectivity index (χ3n) is 1.97. The molecule has 0 atom stereocenters. The van der Waals surface area contributed by atoms with Crippen molar-refractivity contribution < 1.29 is 9.59 Å². The maximum Gasteiger partial charge on any atom is 0.265 e. The van der Waals surface area contributed by atoms with Crippen molar-refractivity contribution in [1.29, 1.82) is 0 Å². The van der Waals surface area contributed by atoms with Crippen LogP contribution >= 0.6 is 11.8 Å². The summed E-state index contributed by atoms with van der Waals surface area (Å²) < 4.78 is 0. The van der Waals surface area contributed by atoms with Crippen LogP contribution in [0.5, 0.6) is 0 Å². The first-order valence-electron chi connectivity index (χ1n) is 4.47. The quantitative estimate of drug-likeness (QED) is 0.769. The molecule has 0 saturated heterocycles. The fraction of sp³-hybridized carbons (Fsp3) is 0.0909. The lowest BCUT2D eigenvalue weighted by atomic mass is 10.2. The Morgan fingerprint density at radius 1 is 1.13 bits per heavy atom. The van der Waals surface area contributed by atoms with Crippen molar-refractivity contribution in [3.63, 3.8) is 0 Å². The van der Waals surface area contributed by atoms with Gasteiger partial charge in [-0.3, -0.25) is 14.9 Å². The van der Waals surface area contributed by atoms with E-state index < -0.39 is 0 Å². The van der Waals surface area contributed by atoms with Crippen LogP contribution in [0.1, 0.15) is 5.56 Å². The summed E-state index contributed by atoms with van der Waals surface area (Å²) in [4.78, 5) is 23.5. The number of hydrogen-bond donors (Lipinski definition) is 1. The van der Waals surface area contributed by atoms with E-state index in [-0.39, 0.29) is 11.8 Å². The van der Waals surface area contributed by atoms with Crippen LogP contribution < -0.4 is 5.32 Å². The second kappa shape index (κ2) is 3.90. The minimum absolute atomic E-state index is 0.314. The van der Waals surface area contributed by atoms with E-state index in [2.05, 4.69) is 5.32 Å². The highest BCUT2D eigenvalue weighted by Crippen LogP contribution is 2.28. The lowest BCUT2D eigenvalue weighted by Crippen LogP contribution is -2.21. The monoisotopic (exact) mass is 219 g/mol. The molecule has 2 rings (SSSR count). The van der Waals surface area contributed by atoms with Crippen LogP contribution in [0.2, 0.25) is 0 Å². The van der Waals surface area contributed by atoms with Crippen LogP contribution in [0, 0.1) is 6.92 Å². The molecule has 1 aliphatic rings. The van der Waals surface area contributed by atoms with Gasteiger partial charge in [-0.05, 0) is 19.1 Å². The molecule has 1 aliphatic heterocycles. The summed E-state index contributed by atoms with van der Waals surface area (Å²) in [5.74, 6) is -0.653. The van der Waals surface area contributed by atoms with Crippen molar-refractivity contribution in [3.8, 4) is 0 Å². The fourth-order valence-corrected chi connectivity index (χ4v) is 2.04. The molecule has 0 aliphatic carbocycles. The number of amides is 2. The zero-order valence-corrected chi connectivity index (χ0v) is 8.93. The van der Waals surface area contributed by atoms with E-state index in [1.165, 1.54) is 23.4 Å². The number of carbonyl (C=O) groups is 2. The van der Waals surface area contributed by atoms with Crippen LogP contribution in [0.3, 0.4) is 0 Å². The molecule has 4 heteroatoms. The molecule has 1 aromatic carbocycles. The van der Waals surface area contributed by atoms with E-state index in [1.807, 2.05) is 31.2 Å². The zero-order valence-electron chi connectivity index (χ0n) is 8.11. The minimum Gasteiger partial charge on any atom is -0.288 e. The Kier molecular flexibility index (Phi) is 2.60. The second-order valence-corrected chi connectivity index (χ2v) is 4.36. The molecule has 15 heavy (non-hydrogen) atoms. The van der Waals surface area contributed by atoms with Crippen molar-refractivity contribution in [1.82, 2.24) is 5.32 Å². The molecule has 0 bridgehead atoms. The number of hydrogen-bond acceptors (Lipinski definition) is 3. The summed E-state index contributed by atoms with van der Waals surface area (Å²) in [6.07, 6.45) is 1.33. The third kappa shape index (κ3) is 2.27. The Labute approximate surface area is 91.6 Å². The van der Waals surface area contributed by atoms with Gasteiger partial charge < -0.3 is 0 Å². The van der Waals surface area contributed by atoms with Crippen LogP contribution in [0.4, 0.5) is 0 Å². The number of carbonyl (C=O) groups excluding carboxylic acids is 2. The molecular formula is C11H9NO2S. The maximum absolute atomic E-state index is 11.2. The number of nitrogens with one attached hydrogen (secondary N) is 1. The fourth-order valence-electron chi connectivity index (χ4n) is 1.20. The molecule has 0 aromatic heterocycles. The van der Waals surface area contributed by atoms with Gasteiger partial charge in [0.15, 0.2) is 0 Å². The van der Waals surface area contributed by atoms with Gasteiger partial charge >= 0.3 is 0 Å². The van der Waals surface area contributed by atoms with Gasteiger partial charge in [0, 0.05) is 11.0 Å². The second-order valence-electron chi connectivity index (χ2n) is 3.24. The minimum atomic E-state index is -0.338. The van der Waals surface area contributed by atoms with Gasteiger partial charge in [0.2, 0.25) is 0 Å². The lowest BCUT2D eigenvalue weighted by molar-refractivity contribution is -0.123. The van der Waals surface area contributed by atoms with E-state index in [4.69, 9.17) is 0 Å². The van der Waals surface area contributed by atoms with Crippen LogP contribution in [-0.2, 0) is 9.59 Å². The Bertz CT molecular complexity index is 448. The van der Waals surface area contributed by atoms with Gasteiger partial charge in [-0.1, -0.05) is 29.5 Å². The normalized spacial score (nSPS) is 15.1. The zero-order chi connectivity index (χ0) is 10.8. The molecule has 1 N–H and O–H groups in total. The first-order chi connectivity index (χ1) is 7.15. The van der Waals surface area contributed by atoms with Crippen LogP contribution in [-0.4, -0.2) is 11.8 Å². The van der Waals surface area contributed by atoms with Crippen LogP contribution in [0.15, 0.2) is 40.1 Å². The number of imide groups is 1. The highest BCUT2D eigenvalue weighted by atomic mass is 32.2. The molecule has 1 heterocycles. The molecule has 2 amide bonds. The van der Waals surface area contributed by atoms with Gasteiger partial charge in [-0.15, -0.1) is 0 Å². The largest absolute Gasteiger partial charge is 0.288 e. The van der Waals surface area contributed by atoms with Gasteiger partial charge in [-0.2, -0.15) is 0 Å². The molecule has 3 nitrogen and oxygen atoms in total. The summed E-state index contributed by atoms with van der Waals surface area (Å²) in [6, 6.07) is 7.79. The Balaban J connectivity index is 2.16. The van der Waals surface area contributed by atoms with Gasteiger partial charge in [0.1, 0.15) is 0 Å². The van der Waals surface area contributed by atoms with Crippen molar-refractivity contribution >= 4 is 23.6 Å². The van der Waals surface area contributed by atoms with E-state index in [9.17, 15) is 9.59 Å². The number of benzene rings is 1. The first kappa shape index (κ1) is 9.98. The van der Waals surface area contributed by atoms with Crippen molar-refractivity contribution in [3.05, 3.63) is 40.8 Å². The summed E-state index contributed by atoms with van der Waals surface area (Å²) in [5.41, 5.74) is 1.17. The highest BCUT2D eigenvalue weighted by Gasteiger charge is 2.21. The average molecular weight is 219 g/mol. The standard InChI is InChI=1S/C11H9NO2S/c1-7-2-4-8(5-3-7)15-9-6-10(13)12-11(9)14/h2-6H,1H3,(H,12,13,14). The number of aryl methyl sites for hydroxylation is 1. The SMILES string of the molecule is Cc1ccc(SC2=CC(=O)NC2=O)cc1. The van der Waals surface area contributed by atoms with Crippen LogP contribution in [0.25, 0.3) is 0 Å². The van der Waals surface area contributed by atoms with E-state index in [1.54, 1.807) is 0 Å². The maximum atomic E-state index is 11.2. The van der Waals surface area contributed by atoms with Crippen molar-refractivity contribution in [2.45, 2.75) is 11.8 Å². The third-order valence-corrected chi connectivity index (χ3v) is 3.00. The Morgan fingerprint density at radius 3 is 2.33 bits per heavy atom. The molecule has 1 aromatic rings. The molecule has 0 unspecified atom stereocenters. The number of rotatable bonds is 2. The summed E-state index contributed by atoms with van der Waals surface area (Å²) in [7, 11) is 0. The smallest absolute Gasteiger partial charge is 0.265 e. The summed E-state index contributed by atoms with van der Waals surface area (Å²) >= 11 is 1.30. The van der Waals surface area contributed by atoms with E-state index in [0.717, 1.165) is 4.90 Å². The predicted molar refractivity (Wildman–Crippen MR) is 58.3 cm³/mol. The molecular weight excluding hydrogens is 210 g/mol. The molecule has 0 radical (unpaired) electrons.